The average molecular weight is 194 g/mol. The molecular formula is C11H18N2O. The molecule has 1 amide bonds. The van der Waals surface area contributed by atoms with Crippen molar-refractivity contribution in [1.82, 2.24) is 10.6 Å². The van der Waals surface area contributed by atoms with E-state index in [0.29, 0.717) is 0 Å². The molecule has 0 aromatic heterocycles. The molecule has 0 aliphatic carbocycles. The Morgan fingerprint density at radius 2 is 2.29 bits per heavy atom. The van der Waals surface area contributed by atoms with Gasteiger partial charge in [-0.1, -0.05) is 5.92 Å². The zero-order chi connectivity index (χ0) is 10.6. The van der Waals surface area contributed by atoms with E-state index in [1.165, 1.54) is 0 Å². The maximum absolute atomic E-state index is 11.6. The van der Waals surface area contributed by atoms with Gasteiger partial charge in [-0.3, -0.25) is 10.1 Å². The molecule has 1 aliphatic heterocycles. The summed E-state index contributed by atoms with van der Waals surface area (Å²) >= 11 is 0. The molecule has 1 unspecified atom stereocenters. The summed E-state index contributed by atoms with van der Waals surface area (Å²) in [7, 11) is 0. The van der Waals surface area contributed by atoms with E-state index in [-0.39, 0.29) is 11.9 Å². The molecule has 14 heavy (non-hydrogen) atoms. The van der Waals surface area contributed by atoms with E-state index >= 15 is 0 Å². The number of hydrogen-bond acceptors (Lipinski definition) is 2. The third kappa shape index (κ3) is 3.04. The van der Waals surface area contributed by atoms with Gasteiger partial charge in [-0.2, -0.15) is 0 Å². The van der Waals surface area contributed by atoms with Crippen molar-refractivity contribution in [2.75, 3.05) is 6.54 Å². The highest BCUT2D eigenvalue weighted by molar-refractivity contribution is 5.82. The van der Waals surface area contributed by atoms with Gasteiger partial charge in [0.15, 0.2) is 0 Å². The lowest BCUT2D eigenvalue weighted by molar-refractivity contribution is -0.123. The Hall–Kier alpha value is -1.01. The van der Waals surface area contributed by atoms with Crippen LogP contribution in [0.4, 0.5) is 0 Å². The quantitative estimate of drug-likeness (QED) is 0.634. The Morgan fingerprint density at radius 3 is 2.93 bits per heavy atom. The van der Waals surface area contributed by atoms with E-state index in [9.17, 15) is 4.79 Å². The Balaban J connectivity index is 2.58. The summed E-state index contributed by atoms with van der Waals surface area (Å²) < 4.78 is 0. The van der Waals surface area contributed by atoms with Crippen molar-refractivity contribution in [2.24, 2.45) is 0 Å². The van der Waals surface area contributed by atoms with Gasteiger partial charge in [0.05, 0.1) is 11.6 Å². The van der Waals surface area contributed by atoms with E-state index in [2.05, 4.69) is 16.6 Å². The van der Waals surface area contributed by atoms with Crippen LogP contribution >= 0.6 is 0 Å². The molecule has 3 nitrogen and oxygen atoms in total. The molecule has 1 rings (SSSR count). The summed E-state index contributed by atoms with van der Waals surface area (Å²) in [5.74, 6) is 2.71. The molecule has 0 saturated carbocycles. The van der Waals surface area contributed by atoms with Crippen molar-refractivity contribution in [3.05, 3.63) is 0 Å². The minimum atomic E-state index is -0.410. The fourth-order valence-electron chi connectivity index (χ4n) is 1.55. The lowest BCUT2D eigenvalue weighted by atomic mass is 10.0. The Labute approximate surface area is 85.6 Å². The van der Waals surface area contributed by atoms with E-state index in [1.807, 2.05) is 13.8 Å². The molecule has 1 atom stereocenters. The van der Waals surface area contributed by atoms with Crippen LogP contribution in [0.1, 0.15) is 33.1 Å². The smallest absolute Gasteiger partial charge is 0.237 e. The molecule has 0 aromatic carbocycles. The fraction of sp³-hybridized carbons (Fsp3) is 0.727. The monoisotopic (exact) mass is 194 g/mol. The standard InChI is InChI=1S/C11H18N2O/c1-4-11(2,3)13-9-7-5-6-8-12-10(9)14/h1,9,13H,5-8H2,2-3H3,(H,12,14). The van der Waals surface area contributed by atoms with Crippen molar-refractivity contribution in [3.63, 3.8) is 0 Å². The number of carbonyl (C=O) groups is 1. The van der Waals surface area contributed by atoms with Crippen LogP contribution < -0.4 is 10.6 Å². The largest absolute Gasteiger partial charge is 0.355 e. The molecule has 3 heteroatoms. The first-order valence-corrected chi connectivity index (χ1v) is 5.08. The molecule has 0 bridgehead atoms. The van der Waals surface area contributed by atoms with Gasteiger partial charge in [0.1, 0.15) is 0 Å². The lowest BCUT2D eigenvalue weighted by Crippen LogP contribution is -2.51. The Kier molecular flexibility index (Phi) is 3.54. The van der Waals surface area contributed by atoms with Gasteiger partial charge < -0.3 is 5.32 Å². The van der Waals surface area contributed by atoms with Crippen molar-refractivity contribution >= 4 is 5.91 Å². The highest BCUT2D eigenvalue weighted by Gasteiger charge is 2.25. The number of amides is 1. The third-order valence-corrected chi connectivity index (χ3v) is 2.43. The number of nitrogens with one attached hydrogen (secondary N) is 2. The lowest BCUT2D eigenvalue weighted by Gasteiger charge is -2.25. The summed E-state index contributed by atoms with van der Waals surface area (Å²) in [5, 5.41) is 6.06. The minimum absolute atomic E-state index is 0.0748. The number of carbonyl (C=O) groups excluding carboxylic acids is 1. The number of rotatable bonds is 2. The molecule has 2 N–H and O–H groups in total. The Morgan fingerprint density at radius 1 is 1.57 bits per heavy atom. The van der Waals surface area contributed by atoms with Gasteiger partial charge >= 0.3 is 0 Å². The van der Waals surface area contributed by atoms with Crippen LogP contribution in [0, 0.1) is 12.3 Å². The second kappa shape index (κ2) is 4.47. The topological polar surface area (TPSA) is 41.1 Å². The van der Waals surface area contributed by atoms with Crippen LogP contribution in [0.2, 0.25) is 0 Å². The van der Waals surface area contributed by atoms with Crippen LogP contribution in [0.3, 0.4) is 0 Å². The molecule has 0 spiro atoms. The zero-order valence-corrected chi connectivity index (χ0v) is 8.89. The van der Waals surface area contributed by atoms with E-state index < -0.39 is 5.54 Å². The molecule has 0 aromatic rings. The summed E-state index contributed by atoms with van der Waals surface area (Å²) in [6.07, 6.45) is 8.36. The van der Waals surface area contributed by atoms with Gasteiger partial charge in [-0.05, 0) is 33.1 Å². The minimum Gasteiger partial charge on any atom is -0.355 e. The summed E-state index contributed by atoms with van der Waals surface area (Å²) in [5.41, 5.74) is -0.410. The molecule has 1 saturated heterocycles. The Bertz CT molecular complexity index is 253. The summed E-state index contributed by atoms with van der Waals surface area (Å²) in [4.78, 5) is 11.6. The SMILES string of the molecule is C#CC(C)(C)NC1CCCCNC1=O. The normalized spacial score (nSPS) is 23.5. The number of terminal acetylenes is 1. The van der Waals surface area contributed by atoms with Crippen LogP contribution in [0.5, 0.6) is 0 Å². The first-order chi connectivity index (χ1) is 6.55. The molecule has 0 radical (unpaired) electrons. The van der Waals surface area contributed by atoms with Gasteiger partial charge in [0.25, 0.3) is 0 Å². The van der Waals surface area contributed by atoms with Crippen molar-refractivity contribution < 1.29 is 4.79 Å². The van der Waals surface area contributed by atoms with Crippen molar-refractivity contribution in [3.8, 4) is 12.3 Å². The highest BCUT2D eigenvalue weighted by atomic mass is 16.2. The van der Waals surface area contributed by atoms with E-state index in [1.54, 1.807) is 0 Å². The highest BCUT2D eigenvalue weighted by Crippen LogP contribution is 2.09. The van der Waals surface area contributed by atoms with Gasteiger partial charge in [-0.15, -0.1) is 6.42 Å². The molecular weight excluding hydrogens is 176 g/mol. The average Bonchev–Trinajstić information content (AvgIpc) is 2.32. The summed E-state index contributed by atoms with van der Waals surface area (Å²) in [6.45, 7) is 4.60. The molecule has 1 heterocycles. The van der Waals surface area contributed by atoms with E-state index in [0.717, 1.165) is 25.8 Å². The van der Waals surface area contributed by atoms with Crippen LogP contribution in [-0.4, -0.2) is 24.0 Å². The zero-order valence-electron chi connectivity index (χ0n) is 8.89. The first kappa shape index (κ1) is 11.1. The third-order valence-electron chi connectivity index (χ3n) is 2.43. The summed E-state index contributed by atoms with van der Waals surface area (Å²) in [6, 6.07) is -0.136. The molecule has 1 fully saturated rings. The first-order valence-electron chi connectivity index (χ1n) is 5.08. The second-order valence-electron chi connectivity index (χ2n) is 4.25. The maximum atomic E-state index is 11.6. The molecule has 78 valence electrons. The fourth-order valence-corrected chi connectivity index (χ4v) is 1.55. The predicted octanol–water partition coefficient (Wildman–Crippen LogP) is 0.656. The van der Waals surface area contributed by atoms with Gasteiger partial charge in [0, 0.05) is 6.54 Å². The van der Waals surface area contributed by atoms with Crippen LogP contribution in [0.15, 0.2) is 0 Å². The van der Waals surface area contributed by atoms with Crippen molar-refractivity contribution in [2.45, 2.75) is 44.7 Å². The molecule has 1 aliphatic rings. The maximum Gasteiger partial charge on any atom is 0.237 e. The van der Waals surface area contributed by atoms with Crippen LogP contribution in [-0.2, 0) is 4.79 Å². The van der Waals surface area contributed by atoms with E-state index in [4.69, 9.17) is 6.42 Å². The van der Waals surface area contributed by atoms with Crippen molar-refractivity contribution in [1.29, 1.82) is 0 Å². The predicted molar refractivity (Wildman–Crippen MR) is 56.7 cm³/mol. The number of hydrogen-bond donors (Lipinski definition) is 2. The van der Waals surface area contributed by atoms with Gasteiger partial charge in [-0.25, -0.2) is 0 Å². The van der Waals surface area contributed by atoms with Crippen LogP contribution in [0.25, 0.3) is 0 Å². The van der Waals surface area contributed by atoms with Gasteiger partial charge in [0.2, 0.25) is 5.91 Å². The second-order valence-corrected chi connectivity index (χ2v) is 4.25.